The average Bonchev–Trinajstić information content (AvgIpc) is 2.87. The molecule has 0 aliphatic carbocycles. The number of nitrogens with zero attached hydrogens (tertiary/aromatic N) is 3. The fourth-order valence-corrected chi connectivity index (χ4v) is 2.43. The number of benzene rings is 2. The van der Waals surface area contributed by atoms with Crippen LogP contribution in [0.2, 0.25) is 0 Å². The Morgan fingerprint density at radius 2 is 2.09 bits per heavy atom. The number of hydrogen-bond acceptors (Lipinski definition) is 4. The summed E-state index contributed by atoms with van der Waals surface area (Å²) in [4.78, 5) is 11.0. The standard InChI is InChI=1S/C16H11N3O3/c1-19-14-5-9(7-17)4-12(13(14)8-18-19)10-2-3-11(16(21)22)15(20)6-10/h2-6,8,20H,1H3,(H,21,22). The zero-order chi connectivity index (χ0) is 15.9. The van der Waals surface area contributed by atoms with Gasteiger partial charge in [-0.05, 0) is 35.4 Å². The smallest absolute Gasteiger partial charge is 0.339 e. The van der Waals surface area contributed by atoms with Gasteiger partial charge in [0.05, 0.1) is 23.3 Å². The van der Waals surface area contributed by atoms with E-state index in [0.29, 0.717) is 11.1 Å². The number of aromatic hydroxyl groups is 1. The summed E-state index contributed by atoms with van der Waals surface area (Å²) in [6.07, 6.45) is 1.67. The molecule has 1 aromatic heterocycles. The predicted octanol–water partition coefficient (Wildman–Crippen LogP) is 2.52. The molecule has 22 heavy (non-hydrogen) atoms. The lowest BCUT2D eigenvalue weighted by atomic mass is 9.98. The van der Waals surface area contributed by atoms with Crippen LogP contribution in [0.3, 0.4) is 0 Å². The van der Waals surface area contributed by atoms with Gasteiger partial charge in [-0.3, -0.25) is 4.68 Å². The third kappa shape index (κ3) is 2.05. The van der Waals surface area contributed by atoms with E-state index in [0.717, 1.165) is 16.5 Å². The lowest BCUT2D eigenvalue weighted by Gasteiger charge is -2.07. The van der Waals surface area contributed by atoms with Gasteiger partial charge < -0.3 is 10.2 Å². The fraction of sp³-hybridized carbons (Fsp3) is 0.0625. The van der Waals surface area contributed by atoms with Crippen LogP contribution in [0.5, 0.6) is 5.75 Å². The maximum atomic E-state index is 11.0. The van der Waals surface area contributed by atoms with Crippen molar-refractivity contribution in [2.45, 2.75) is 0 Å². The molecular weight excluding hydrogens is 282 g/mol. The predicted molar refractivity (Wildman–Crippen MR) is 79.5 cm³/mol. The van der Waals surface area contributed by atoms with Crippen molar-refractivity contribution in [3.05, 3.63) is 47.7 Å². The first-order valence-corrected chi connectivity index (χ1v) is 6.44. The Labute approximate surface area is 125 Å². The van der Waals surface area contributed by atoms with Crippen molar-refractivity contribution >= 4 is 16.9 Å². The van der Waals surface area contributed by atoms with Crippen LogP contribution in [0.25, 0.3) is 22.0 Å². The summed E-state index contributed by atoms with van der Waals surface area (Å²) < 4.78 is 1.66. The van der Waals surface area contributed by atoms with Gasteiger partial charge in [-0.15, -0.1) is 0 Å². The fourth-order valence-electron chi connectivity index (χ4n) is 2.43. The first-order chi connectivity index (χ1) is 10.5. The Hall–Kier alpha value is -3.33. The molecule has 3 rings (SSSR count). The van der Waals surface area contributed by atoms with E-state index in [4.69, 9.17) is 10.4 Å². The van der Waals surface area contributed by atoms with Crippen LogP contribution in [0.15, 0.2) is 36.5 Å². The molecular formula is C16H11N3O3. The number of phenols is 1. The highest BCUT2D eigenvalue weighted by molar-refractivity contribution is 5.97. The second kappa shape index (κ2) is 4.90. The topological polar surface area (TPSA) is 99.1 Å². The molecule has 108 valence electrons. The number of carboxylic acids is 1. The lowest BCUT2D eigenvalue weighted by molar-refractivity contribution is 0.0694. The van der Waals surface area contributed by atoms with Crippen molar-refractivity contribution in [1.29, 1.82) is 5.26 Å². The number of rotatable bonds is 2. The van der Waals surface area contributed by atoms with Crippen molar-refractivity contribution in [1.82, 2.24) is 9.78 Å². The Morgan fingerprint density at radius 3 is 2.73 bits per heavy atom. The molecule has 0 spiro atoms. The van der Waals surface area contributed by atoms with Gasteiger partial charge in [0, 0.05) is 12.4 Å². The second-order valence-electron chi connectivity index (χ2n) is 4.87. The molecule has 0 atom stereocenters. The van der Waals surface area contributed by atoms with Crippen molar-refractivity contribution in [2.75, 3.05) is 0 Å². The molecule has 0 radical (unpaired) electrons. The zero-order valence-electron chi connectivity index (χ0n) is 11.6. The van der Waals surface area contributed by atoms with E-state index >= 15 is 0 Å². The van der Waals surface area contributed by atoms with Crippen molar-refractivity contribution in [2.24, 2.45) is 7.05 Å². The highest BCUT2D eigenvalue weighted by Gasteiger charge is 2.14. The average molecular weight is 293 g/mol. The Morgan fingerprint density at radius 1 is 1.32 bits per heavy atom. The summed E-state index contributed by atoms with van der Waals surface area (Å²) >= 11 is 0. The summed E-state index contributed by atoms with van der Waals surface area (Å²) in [6, 6.07) is 9.85. The van der Waals surface area contributed by atoms with Crippen molar-refractivity contribution in [3.8, 4) is 22.9 Å². The first kappa shape index (κ1) is 13.6. The number of carboxylic acid groups (broad SMARTS) is 1. The summed E-state index contributed by atoms with van der Waals surface area (Å²) in [5.41, 5.74) is 2.43. The van der Waals surface area contributed by atoms with E-state index < -0.39 is 5.97 Å². The molecule has 0 bridgehead atoms. The number of aromatic carboxylic acids is 1. The molecule has 6 nitrogen and oxygen atoms in total. The molecule has 0 unspecified atom stereocenters. The lowest BCUT2D eigenvalue weighted by Crippen LogP contribution is -1.96. The Balaban J connectivity index is 2.28. The molecule has 0 aliphatic rings. The third-order valence-electron chi connectivity index (χ3n) is 3.54. The molecule has 6 heteroatoms. The van der Waals surface area contributed by atoms with Crippen LogP contribution in [0.1, 0.15) is 15.9 Å². The minimum absolute atomic E-state index is 0.164. The SMILES string of the molecule is Cn1ncc2c(-c3ccc(C(=O)O)c(O)c3)cc(C#N)cc21. The normalized spacial score (nSPS) is 10.5. The van der Waals surface area contributed by atoms with Gasteiger partial charge in [-0.1, -0.05) is 6.07 Å². The summed E-state index contributed by atoms with van der Waals surface area (Å²) in [6.45, 7) is 0. The Bertz CT molecular complexity index is 951. The minimum atomic E-state index is -1.19. The van der Waals surface area contributed by atoms with Crippen molar-refractivity contribution < 1.29 is 15.0 Å². The molecule has 0 amide bonds. The molecule has 0 saturated carbocycles. The number of aromatic nitrogens is 2. The van der Waals surface area contributed by atoms with Gasteiger partial charge in [0.25, 0.3) is 0 Å². The van der Waals surface area contributed by atoms with Crippen LogP contribution >= 0.6 is 0 Å². The zero-order valence-corrected chi connectivity index (χ0v) is 11.6. The van der Waals surface area contributed by atoms with Crippen LogP contribution < -0.4 is 0 Å². The minimum Gasteiger partial charge on any atom is -0.507 e. The number of hydrogen-bond donors (Lipinski definition) is 2. The van der Waals surface area contributed by atoms with Crippen LogP contribution in [-0.4, -0.2) is 26.0 Å². The quantitative estimate of drug-likeness (QED) is 0.756. The summed E-state index contributed by atoms with van der Waals surface area (Å²) in [7, 11) is 1.78. The van der Waals surface area contributed by atoms with Gasteiger partial charge in [0.2, 0.25) is 0 Å². The molecule has 3 aromatic rings. The number of aryl methyl sites for hydroxylation is 1. The van der Waals surface area contributed by atoms with Gasteiger partial charge in [0.1, 0.15) is 11.3 Å². The summed E-state index contributed by atoms with van der Waals surface area (Å²) in [5, 5.41) is 33.0. The third-order valence-corrected chi connectivity index (χ3v) is 3.54. The van der Waals surface area contributed by atoms with Gasteiger partial charge in [0.15, 0.2) is 0 Å². The van der Waals surface area contributed by atoms with Gasteiger partial charge in [-0.25, -0.2) is 4.79 Å². The molecule has 2 N–H and O–H groups in total. The Kier molecular flexibility index (Phi) is 3.04. The van der Waals surface area contributed by atoms with E-state index in [9.17, 15) is 9.90 Å². The molecule has 1 heterocycles. The molecule has 2 aromatic carbocycles. The maximum Gasteiger partial charge on any atom is 0.339 e. The van der Waals surface area contributed by atoms with Crippen LogP contribution in [0.4, 0.5) is 0 Å². The van der Waals surface area contributed by atoms with Crippen LogP contribution in [-0.2, 0) is 7.05 Å². The van der Waals surface area contributed by atoms with E-state index in [-0.39, 0.29) is 11.3 Å². The van der Waals surface area contributed by atoms with Gasteiger partial charge in [-0.2, -0.15) is 10.4 Å². The highest BCUT2D eigenvalue weighted by Crippen LogP contribution is 2.32. The van der Waals surface area contributed by atoms with E-state index in [1.807, 2.05) is 0 Å². The summed E-state index contributed by atoms with van der Waals surface area (Å²) in [5.74, 6) is -1.51. The van der Waals surface area contributed by atoms with Gasteiger partial charge >= 0.3 is 5.97 Å². The monoisotopic (exact) mass is 293 g/mol. The largest absolute Gasteiger partial charge is 0.507 e. The van der Waals surface area contributed by atoms with E-state index in [1.54, 1.807) is 36.1 Å². The number of nitriles is 1. The van der Waals surface area contributed by atoms with E-state index in [2.05, 4.69) is 11.2 Å². The van der Waals surface area contributed by atoms with E-state index in [1.165, 1.54) is 12.1 Å². The number of carbonyl (C=O) groups is 1. The molecule has 0 aliphatic heterocycles. The van der Waals surface area contributed by atoms with Crippen molar-refractivity contribution in [3.63, 3.8) is 0 Å². The maximum absolute atomic E-state index is 11.0. The molecule has 0 saturated heterocycles. The molecule has 0 fully saturated rings. The first-order valence-electron chi connectivity index (χ1n) is 6.44. The van der Waals surface area contributed by atoms with Crippen LogP contribution in [0, 0.1) is 11.3 Å². The number of fused-ring (bicyclic) bond motifs is 1. The highest BCUT2D eigenvalue weighted by atomic mass is 16.4. The second-order valence-corrected chi connectivity index (χ2v) is 4.87.